The molecule has 2 N–H and O–H groups in total. The molecule has 1 fully saturated rings. The number of rotatable bonds is 7. The van der Waals surface area contributed by atoms with Gasteiger partial charge in [-0.1, -0.05) is 43.5 Å². The van der Waals surface area contributed by atoms with E-state index in [2.05, 4.69) is 54.7 Å². The van der Waals surface area contributed by atoms with Crippen LogP contribution in [0.5, 0.6) is 11.5 Å². The highest BCUT2D eigenvalue weighted by Crippen LogP contribution is 2.29. The molecule has 2 aromatic carbocycles. The molecule has 0 bridgehead atoms. The maximum absolute atomic E-state index is 6.04. The minimum atomic E-state index is 0.566. The highest BCUT2D eigenvalue weighted by molar-refractivity contribution is 5.43. The number of benzene rings is 2. The van der Waals surface area contributed by atoms with Crippen LogP contribution in [0.4, 0.5) is 0 Å². The lowest BCUT2D eigenvalue weighted by molar-refractivity contribution is -0.706. The SMILES string of the molecule is COc1cc(C[NH2+]C2CCCCCCC2)ccc1OCc1ccccc1C. The first-order chi connectivity index (χ1) is 13.3. The third kappa shape index (κ3) is 6.00. The Hall–Kier alpha value is -2.00. The summed E-state index contributed by atoms with van der Waals surface area (Å²) in [5.74, 6) is 1.64. The van der Waals surface area contributed by atoms with Gasteiger partial charge in [-0.05, 0) is 61.9 Å². The average Bonchev–Trinajstić information content (AvgIpc) is 2.67. The molecule has 0 aliphatic heterocycles. The number of hydrogen-bond donors (Lipinski definition) is 1. The monoisotopic (exact) mass is 368 g/mol. The Morgan fingerprint density at radius 3 is 2.41 bits per heavy atom. The molecule has 0 spiro atoms. The highest BCUT2D eigenvalue weighted by atomic mass is 16.5. The average molecular weight is 369 g/mol. The second-order valence-electron chi connectivity index (χ2n) is 7.75. The largest absolute Gasteiger partial charge is 0.493 e. The lowest BCUT2D eigenvalue weighted by atomic mass is 9.96. The number of ether oxygens (including phenoxy) is 2. The van der Waals surface area contributed by atoms with E-state index < -0.39 is 0 Å². The fourth-order valence-electron chi connectivity index (χ4n) is 3.91. The van der Waals surface area contributed by atoms with Crippen molar-refractivity contribution in [3.63, 3.8) is 0 Å². The van der Waals surface area contributed by atoms with Crippen molar-refractivity contribution >= 4 is 0 Å². The zero-order valence-electron chi connectivity index (χ0n) is 16.9. The van der Waals surface area contributed by atoms with E-state index in [1.54, 1.807) is 7.11 Å². The van der Waals surface area contributed by atoms with Crippen LogP contribution in [0.3, 0.4) is 0 Å². The van der Waals surface area contributed by atoms with Gasteiger partial charge in [0.25, 0.3) is 0 Å². The van der Waals surface area contributed by atoms with Gasteiger partial charge >= 0.3 is 0 Å². The summed E-state index contributed by atoms with van der Waals surface area (Å²) >= 11 is 0. The molecule has 1 aliphatic rings. The molecule has 0 unspecified atom stereocenters. The molecule has 3 rings (SSSR count). The Morgan fingerprint density at radius 1 is 0.926 bits per heavy atom. The van der Waals surface area contributed by atoms with Crippen molar-refractivity contribution in [2.75, 3.05) is 7.11 Å². The number of methoxy groups -OCH3 is 1. The van der Waals surface area contributed by atoms with Crippen LogP contribution >= 0.6 is 0 Å². The zero-order chi connectivity index (χ0) is 18.9. The molecule has 1 saturated carbocycles. The standard InChI is InChI=1S/C24H33NO2/c1-19-10-8-9-11-21(19)18-27-23-15-14-20(16-24(23)26-2)17-25-22-12-6-4-3-5-7-13-22/h8-11,14-16,22,25H,3-7,12-13,17-18H2,1-2H3/p+1. The van der Waals surface area contributed by atoms with E-state index in [0.29, 0.717) is 6.61 Å². The highest BCUT2D eigenvalue weighted by Gasteiger charge is 2.15. The van der Waals surface area contributed by atoms with E-state index in [0.717, 1.165) is 24.1 Å². The molecule has 1 aliphatic carbocycles. The predicted octanol–water partition coefficient (Wildman–Crippen LogP) is 4.76. The Labute approximate surface area is 164 Å². The second kappa shape index (κ2) is 10.4. The van der Waals surface area contributed by atoms with E-state index in [1.807, 2.05) is 0 Å². The molecule has 0 amide bonds. The molecule has 27 heavy (non-hydrogen) atoms. The summed E-state index contributed by atoms with van der Waals surface area (Å²) in [6.07, 6.45) is 9.72. The van der Waals surface area contributed by atoms with Crippen molar-refractivity contribution in [3.05, 3.63) is 59.2 Å². The molecule has 0 saturated heterocycles. The zero-order valence-corrected chi connectivity index (χ0v) is 16.9. The van der Waals surface area contributed by atoms with Gasteiger partial charge in [-0.2, -0.15) is 0 Å². The number of nitrogens with two attached hydrogens (primary N) is 1. The van der Waals surface area contributed by atoms with Gasteiger partial charge < -0.3 is 14.8 Å². The number of aryl methyl sites for hydroxylation is 1. The summed E-state index contributed by atoms with van der Waals surface area (Å²) in [5, 5.41) is 2.52. The van der Waals surface area contributed by atoms with Crippen LogP contribution in [0, 0.1) is 6.92 Å². The van der Waals surface area contributed by atoms with E-state index in [-0.39, 0.29) is 0 Å². The van der Waals surface area contributed by atoms with Crippen LogP contribution in [-0.4, -0.2) is 13.2 Å². The van der Waals surface area contributed by atoms with Gasteiger partial charge in [0.05, 0.1) is 13.2 Å². The van der Waals surface area contributed by atoms with Gasteiger partial charge in [0.15, 0.2) is 11.5 Å². The van der Waals surface area contributed by atoms with Gasteiger partial charge in [0, 0.05) is 5.56 Å². The fourth-order valence-corrected chi connectivity index (χ4v) is 3.91. The minimum absolute atomic E-state index is 0.566. The van der Waals surface area contributed by atoms with E-state index in [4.69, 9.17) is 9.47 Å². The summed E-state index contributed by atoms with van der Waals surface area (Å²) in [7, 11) is 1.72. The summed E-state index contributed by atoms with van der Waals surface area (Å²) in [4.78, 5) is 0. The van der Waals surface area contributed by atoms with Crippen molar-refractivity contribution < 1.29 is 14.8 Å². The fraction of sp³-hybridized carbons (Fsp3) is 0.500. The molecule has 3 nitrogen and oxygen atoms in total. The van der Waals surface area contributed by atoms with Gasteiger partial charge in [-0.3, -0.25) is 0 Å². The Kier molecular flexibility index (Phi) is 7.58. The molecule has 0 atom stereocenters. The first-order valence-corrected chi connectivity index (χ1v) is 10.4. The van der Waals surface area contributed by atoms with Gasteiger partial charge in [-0.15, -0.1) is 0 Å². The Balaban J connectivity index is 1.57. The van der Waals surface area contributed by atoms with Crippen LogP contribution in [0.1, 0.15) is 61.6 Å². The van der Waals surface area contributed by atoms with Crippen molar-refractivity contribution in [2.24, 2.45) is 0 Å². The van der Waals surface area contributed by atoms with Crippen molar-refractivity contribution in [1.29, 1.82) is 0 Å². The van der Waals surface area contributed by atoms with Crippen molar-refractivity contribution in [2.45, 2.75) is 71.1 Å². The molecule has 0 radical (unpaired) electrons. The van der Waals surface area contributed by atoms with Crippen LogP contribution in [0.2, 0.25) is 0 Å². The lowest BCUT2D eigenvalue weighted by Gasteiger charge is -2.18. The first kappa shape index (κ1) is 19.8. The summed E-state index contributed by atoms with van der Waals surface area (Å²) < 4.78 is 11.6. The Morgan fingerprint density at radius 2 is 1.67 bits per heavy atom. The summed E-state index contributed by atoms with van der Waals surface area (Å²) in [6, 6.07) is 15.5. The molecular formula is C24H34NO2+. The predicted molar refractivity (Wildman–Crippen MR) is 110 cm³/mol. The van der Waals surface area contributed by atoms with Crippen LogP contribution in [0.25, 0.3) is 0 Å². The molecule has 2 aromatic rings. The van der Waals surface area contributed by atoms with Crippen molar-refractivity contribution in [3.8, 4) is 11.5 Å². The molecular weight excluding hydrogens is 334 g/mol. The molecule has 146 valence electrons. The third-order valence-electron chi connectivity index (χ3n) is 5.71. The molecule has 3 heteroatoms. The van der Waals surface area contributed by atoms with E-state index in [1.165, 1.54) is 61.6 Å². The molecule has 0 aromatic heterocycles. The van der Waals surface area contributed by atoms with Crippen LogP contribution < -0.4 is 14.8 Å². The smallest absolute Gasteiger partial charge is 0.161 e. The molecule has 0 heterocycles. The normalized spacial score (nSPS) is 15.8. The quantitative estimate of drug-likeness (QED) is 0.765. The third-order valence-corrected chi connectivity index (χ3v) is 5.71. The summed E-state index contributed by atoms with van der Waals surface area (Å²) in [5.41, 5.74) is 3.76. The van der Waals surface area contributed by atoms with Gasteiger partial charge in [-0.25, -0.2) is 0 Å². The lowest BCUT2D eigenvalue weighted by Crippen LogP contribution is -2.88. The topological polar surface area (TPSA) is 35.1 Å². The van der Waals surface area contributed by atoms with E-state index in [9.17, 15) is 0 Å². The Bertz CT molecular complexity index is 705. The maximum Gasteiger partial charge on any atom is 0.161 e. The second-order valence-corrected chi connectivity index (χ2v) is 7.75. The minimum Gasteiger partial charge on any atom is -0.493 e. The number of quaternary nitrogens is 1. The van der Waals surface area contributed by atoms with Crippen molar-refractivity contribution in [1.82, 2.24) is 0 Å². The van der Waals surface area contributed by atoms with E-state index >= 15 is 0 Å². The summed E-state index contributed by atoms with van der Waals surface area (Å²) in [6.45, 7) is 3.69. The first-order valence-electron chi connectivity index (χ1n) is 10.4. The van der Waals surface area contributed by atoms with Gasteiger partial charge in [0.1, 0.15) is 13.2 Å². The van der Waals surface area contributed by atoms with Gasteiger partial charge in [0.2, 0.25) is 0 Å². The maximum atomic E-state index is 6.04. The van der Waals surface area contributed by atoms with Crippen LogP contribution in [-0.2, 0) is 13.2 Å². The van der Waals surface area contributed by atoms with Crippen LogP contribution in [0.15, 0.2) is 42.5 Å². The number of hydrogen-bond acceptors (Lipinski definition) is 2.